The topological polar surface area (TPSA) is 114 Å². The van der Waals surface area contributed by atoms with Crippen LogP contribution < -0.4 is 15.5 Å². The van der Waals surface area contributed by atoms with E-state index in [2.05, 4.69) is 20.6 Å². The fourth-order valence-electron chi connectivity index (χ4n) is 3.11. The number of rotatable bonds is 9. The van der Waals surface area contributed by atoms with Crippen LogP contribution in [0.2, 0.25) is 0 Å². The van der Waals surface area contributed by atoms with E-state index in [1.54, 1.807) is 38.5 Å². The van der Waals surface area contributed by atoms with Gasteiger partial charge in [-0.15, -0.1) is 0 Å². The highest BCUT2D eigenvalue weighted by molar-refractivity contribution is 5.94. The minimum atomic E-state index is -0.535. The average molecular weight is 462 g/mol. The number of anilines is 1. The van der Waals surface area contributed by atoms with E-state index in [4.69, 9.17) is 4.74 Å². The first-order valence-corrected chi connectivity index (χ1v) is 10.9. The summed E-state index contributed by atoms with van der Waals surface area (Å²) in [5, 5.41) is 5.38. The molecular formula is C25H27N5O4. The van der Waals surface area contributed by atoms with Gasteiger partial charge in [0.25, 0.3) is 5.91 Å². The van der Waals surface area contributed by atoms with E-state index in [0.29, 0.717) is 17.8 Å². The van der Waals surface area contributed by atoms with Gasteiger partial charge in [0.2, 0.25) is 5.91 Å². The number of hydrogen-bond donors (Lipinski definition) is 2. The van der Waals surface area contributed by atoms with Crippen molar-refractivity contribution >= 4 is 23.6 Å². The molecule has 3 rings (SSSR count). The lowest BCUT2D eigenvalue weighted by molar-refractivity contribution is -0.118. The molecule has 9 nitrogen and oxygen atoms in total. The van der Waals surface area contributed by atoms with Gasteiger partial charge < -0.3 is 20.3 Å². The zero-order valence-corrected chi connectivity index (χ0v) is 19.2. The summed E-state index contributed by atoms with van der Waals surface area (Å²) in [5.74, 6) is -0.347. The summed E-state index contributed by atoms with van der Waals surface area (Å²) in [6.07, 6.45) is 4.54. The number of alkyl carbamates (subject to hydrolysis) is 1. The maximum absolute atomic E-state index is 12.4. The average Bonchev–Trinajstić information content (AvgIpc) is 2.87. The number of nitrogens with one attached hydrogen (secondary N) is 2. The molecule has 3 amide bonds. The second kappa shape index (κ2) is 12.1. The zero-order chi connectivity index (χ0) is 24.3. The molecule has 2 heterocycles. The van der Waals surface area contributed by atoms with E-state index in [1.807, 2.05) is 36.4 Å². The van der Waals surface area contributed by atoms with E-state index < -0.39 is 6.09 Å². The standard InChI is InChI=1S/C25H27N5O4/c1-3-34-25(33)27-14-12-23(31)30(2)21-9-6-19(7-10-21)22-11-8-20(17-28-22)24(32)29-16-18-5-4-13-26-15-18/h4-11,13,15,17H,3,12,14,16H2,1-2H3,(H,27,33)(H,29,32). The van der Waals surface area contributed by atoms with Crippen molar-refractivity contribution < 1.29 is 19.1 Å². The van der Waals surface area contributed by atoms with Crippen molar-refractivity contribution in [3.63, 3.8) is 0 Å². The summed E-state index contributed by atoms with van der Waals surface area (Å²) in [5.41, 5.74) is 3.67. The maximum Gasteiger partial charge on any atom is 0.407 e. The van der Waals surface area contributed by atoms with Gasteiger partial charge in [0.15, 0.2) is 0 Å². The molecule has 176 valence electrons. The molecule has 0 aliphatic heterocycles. The first-order valence-electron chi connectivity index (χ1n) is 10.9. The SMILES string of the molecule is CCOC(=O)NCCC(=O)N(C)c1ccc(-c2ccc(C(=O)NCc3cccnc3)cn2)cc1. The van der Waals surface area contributed by atoms with Gasteiger partial charge in [-0.25, -0.2) is 4.79 Å². The Bertz CT molecular complexity index is 1100. The number of carbonyl (C=O) groups excluding carboxylic acids is 3. The number of pyridine rings is 2. The molecule has 0 unspecified atom stereocenters. The zero-order valence-electron chi connectivity index (χ0n) is 19.2. The summed E-state index contributed by atoms with van der Waals surface area (Å²) in [6, 6.07) is 14.6. The molecule has 9 heteroatoms. The molecule has 0 atom stereocenters. The van der Waals surface area contributed by atoms with Gasteiger partial charge in [-0.05, 0) is 42.8 Å². The number of ether oxygens (including phenoxy) is 1. The van der Waals surface area contributed by atoms with Gasteiger partial charge in [0, 0.05) is 56.4 Å². The normalized spacial score (nSPS) is 10.3. The monoisotopic (exact) mass is 461 g/mol. The Morgan fingerprint density at radius 1 is 1.00 bits per heavy atom. The van der Waals surface area contributed by atoms with Crippen molar-refractivity contribution in [3.05, 3.63) is 78.2 Å². The molecule has 0 fully saturated rings. The minimum absolute atomic E-state index is 0.135. The van der Waals surface area contributed by atoms with Crippen LogP contribution in [0.15, 0.2) is 67.1 Å². The van der Waals surface area contributed by atoms with Crippen LogP contribution in [0.4, 0.5) is 10.5 Å². The Morgan fingerprint density at radius 3 is 2.44 bits per heavy atom. The molecule has 2 aromatic heterocycles. The van der Waals surface area contributed by atoms with Crippen LogP contribution >= 0.6 is 0 Å². The first kappa shape index (κ1) is 24.4. The van der Waals surface area contributed by atoms with E-state index >= 15 is 0 Å². The molecule has 0 bridgehead atoms. The molecule has 3 aromatic rings. The van der Waals surface area contributed by atoms with Crippen molar-refractivity contribution in [3.8, 4) is 11.3 Å². The smallest absolute Gasteiger partial charge is 0.407 e. The Hall–Kier alpha value is -4.27. The quantitative estimate of drug-likeness (QED) is 0.506. The second-order valence-corrected chi connectivity index (χ2v) is 7.37. The fraction of sp³-hybridized carbons (Fsp3) is 0.240. The van der Waals surface area contributed by atoms with E-state index in [1.165, 1.54) is 11.1 Å². The van der Waals surface area contributed by atoms with Gasteiger partial charge in [-0.1, -0.05) is 18.2 Å². The molecule has 34 heavy (non-hydrogen) atoms. The number of amides is 3. The lowest BCUT2D eigenvalue weighted by atomic mass is 10.1. The van der Waals surface area contributed by atoms with Gasteiger partial charge in [0.1, 0.15) is 0 Å². The van der Waals surface area contributed by atoms with Crippen molar-refractivity contribution in [2.24, 2.45) is 0 Å². The van der Waals surface area contributed by atoms with Crippen LogP contribution in [0.3, 0.4) is 0 Å². The summed E-state index contributed by atoms with van der Waals surface area (Å²) < 4.78 is 4.77. The van der Waals surface area contributed by atoms with Crippen molar-refractivity contribution in [1.29, 1.82) is 0 Å². The third kappa shape index (κ3) is 6.86. The highest BCUT2D eigenvalue weighted by Gasteiger charge is 2.12. The largest absolute Gasteiger partial charge is 0.450 e. The van der Waals surface area contributed by atoms with Crippen molar-refractivity contribution in [1.82, 2.24) is 20.6 Å². The van der Waals surface area contributed by atoms with Crippen LogP contribution in [-0.2, 0) is 16.1 Å². The molecule has 0 saturated heterocycles. The maximum atomic E-state index is 12.4. The Balaban J connectivity index is 1.54. The van der Waals surface area contributed by atoms with Gasteiger partial charge in [0.05, 0.1) is 17.9 Å². The van der Waals surface area contributed by atoms with Crippen molar-refractivity contribution in [2.75, 3.05) is 25.1 Å². The fourth-order valence-corrected chi connectivity index (χ4v) is 3.11. The summed E-state index contributed by atoms with van der Waals surface area (Å²) >= 11 is 0. The minimum Gasteiger partial charge on any atom is -0.450 e. The summed E-state index contributed by atoms with van der Waals surface area (Å²) in [6.45, 7) is 2.59. The molecule has 0 spiro atoms. The third-order valence-corrected chi connectivity index (χ3v) is 5.01. The molecule has 2 N–H and O–H groups in total. The lowest BCUT2D eigenvalue weighted by Gasteiger charge is -2.18. The molecule has 0 aliphatic rings. The first-order chi connectivity index (χ1) is 16.5. The van der Waals surface area contributed by atoms with Gasteiger partial charge in [-0.3, -0.25) is 19.6 Å². The van der Waals surface area contributed by atoms with Crippen LogP contribution in [0.1, 0.15) is 29.3 Å². The van der Waals surface area contributed by atoms with Crippen LogP contribution in [0.25, 0.3) is 11.3 Å². The number of aromatic nitrogens is 2. The third-order valence-electron chi connectivity index (χ3n) is 5.01. The van der Waals surface area contributed by atoms with E-state index in [9.17, 15) is 14.4 Å². The second-order valence-electron chi connectivity index (χ2n) is 7.37. The molecule has 0 aliphatic carbocycles. The van der Waals surface area contributed by atoms with Crippen LogP contribution in [-0.4, -0.2) is 48.1 Å². The van der Waals surface area contributed by atoms with Crippen LogP contribution in [0, 0.1) is 0 Å². The van der Waals surface area contributed by atoms with Gasteiger partial charge in [-0.2, -0.15) is 0 Å². The Kier molecular flexibility index (Phi) is 8.67. The number of hydrogen-bond acceptors (Lipinski definition) is 6. The number of carbonyl (C=O) groups is 3. The number of benzene rings is 1. The molecule has 0 saturated carbocycles. The van der Waals surface area contributed by atoms with Crippen LogP contribution in [0.5, 0.6) is 0 Å². The van der Waals surface area contributed by atoms with Crippen molar-refractivity contribution in [2.45, 2.75) is 19.9 Å². The molecule has 1 aromatic carbocycles. The summed E-state index contributed by atoms with van der Waals surface area (Å²) in [7, 11) is 1.68. The Morgan fingerprint density at radius 2 is 1.79 bits per heavy atom. The predicted molar refractivity (Wildman–Crippen MR) is 128 cm³/mol. The lowest BCUT2D eigenvalue weighted by Crippen LogP contribution is -2.32. The highest BCUT2D eigenvalue weighted by atomic mass is 16.5. The van der Waals surface area contributed by atoms with E-state index in [-0.39, 0.29) is 31.4 Å². The molecule has 0 radical (unpaired) electrons. The molecular weight excluding hydrogens is 434 g/mol. The summed E-state index contributed by atoms with van der Waals surface area (Å²) in [4.78, 5) is 46.0. The number of nitrogens with zero attached hydrogens (tertiary/aromatic N) is 3. The highest BCUT2D eigenvalue weighted by Crippen LogP contribution is 2.22. The Labute approximate surface area is 198 Å². The predicted octanol–water partition coefficient (Wildman–Crippen LogP) is 3.17. The van der Waals surface area contributed by atoms with E-state index in [0.717, 1.165) is 16.8 Å². The van der Waals surface area contributed by atoms with Gasteiger partial charge >= 0.3 is 6.09 Å².